The Labute approximate surface area is 113 Å². The smallest absolute Gasteiger partial charge is 0.178 e. The Kier molecular flexibility index (Phi) is 4.66. The Morgan fingerprint density at radius 3 is 3.05 bits per heavy atom. The molecule has 2 rings (SSSR count). The highest BCUT2D eigenvalue weighted by molar-refractivity contribution is 5.79. The van der Waals surface area contributed by atoms with E-state index in [1.54, 1.807) is 0 Å². The zero-order valence-electron chi connectivity index (χ0n) is 11.6. The second kappa shape index (κ2) is 6.45. The van der Waals surface area contributed by atoms with E-state index in [0.717, 1.165) is 30.3 Å². The fourth-order valence-electron chi connectivity index (χ4n) is 2.27. The largest absolute Gasteiger partial charge is 0.334 e. The highest BCUT2D eigenvalue weighted by atomic mass is 16.1. The molecule has 19 heavy (non-hydrogen) atoms. The summed E-state index contributed by atoms with van der Waals surface area (Å²) in [4.78, 5) is 23.1. The van der Waals surface area contributed by atoms with Gasteiger partial charge in [-0.3, -0.25) is 4.79 Å². The summed E-state index contributed by atoms with van der Waals surface area (Å²) < 4.78 is 0. The molecule has 0 aromatic carbocycles. The van der Waals surface area contributed by atoms with Crippen molar-refractivity contribution in [3.8, 4) is 0 Å². The highest BCUT2D eigenvalue weighted by Gasteiger charge is 2.15. The quantitative estimate of drug-likeness (QED) is 0.828. The van der Waals surface area contributed by atoms with Crippen molar-refractivity contribution in [2.24, 2.45) is 0 Å². The molecule has 4 heteroatoms. The van der Waals surface area contributed by atoms with Gasteiger partial charge < -0.3 is 4.98 Å². The van der Waals surface area contributed by atoms with Crippen molar-refractivity contribution in [3.05, 3.63) is 24.2 Å². The van der Waals surface area contributed by atoms with E-state index in [9.17, 15) is 4.79 Å². The standard InChI is InChI=1S/C15H20N3O/c1-3-5-6-13(19)7-11(4-2)12-8-14-15(16-9-12)18-10-17-14/h8-9,11H,3-7H2,1-2H3,(H,16,17,18). The van der Waals surface area contributed by atoms with E-state index in [-0.39, 0.29) is 5.92 Å². The van der Waals surface area contributed by atoms with Gasteiger partial charge in [-0.05, 0) is 30.4 Å². The number of hydrogen-bond donors (Lipinski definition) is 1. The maximum absolute atomic E-state index is 11.9. The SMILES string of the molecule is CCCCC(=O)CC(CC)c1cnc2n[c][nH]c2c1. The summed E-state index contributed by atoms with van der Waals surface area (Å²) in [5.74, 6) is 0.606. The first-order valence-corrected chi connectivity index (χ1v) is 6.98. The van der Waals surface area contributed by atoms with Crippen molar-refractivity contribution in [1.29, 1.82) is 0 Å². The van der Waals surface area contributed by atoms with Gasteiger partial charge in [0.15, 0.2) is 12.0 Å². The molecule has 1 N–H and O–H groups in total. The summed E-state index contributed by atoms with van der Waals surface area (Å²) in [6, 6.07) is 2.03. The molecule has 2 aromatic rings. The molecule has 0 saturated carbocycles. The number of H-pyrrole nitrogens is 1. The molecular formula is C15H20N3O. The summed E-state index contributed by atoms with van der Waals surface area (Å²) in [6.07, 6.45) is 8.83. The van der Waals surface area contributed by atoms with Crippen LogP contribution >= 0.6 is 0 Å². The Balaban J connectivity index is 2.09. The van der Waals surface area contributed by atoms with E-state index in [1.807, 2.05) is 12.3 Å². The lowest BCUT2D eigenvalue weighted by atomic mass is 9.91. The maximum atomic E-state index is 11.9. The number of ketones is 1. The van der Waals surface area contributed by atoms with Crippen LogP contribution in [0.5, 0.6) is 0 Å². The Morgan fingerprint density at radius 2 is 2.32 bits per heavy atom. The number of carbonyl (C=O) groups is 1. The Hall–Kier alpha value is -1.71. The van der Waals surface area contributed by atoms with Gasteiger partial charge in [-0.1, -0.05) is 20.3 Å². The zero-order chi connectivity index (χ0) is 13.7. The van der Waals surface area contributed by atoms with E-state index in [2.05, 4.69) is 35.1 Å². The number of nitrogens with one attached hydrogen (secondary N) is 1. The third-order valence-electron chi connectivity index (χ3n) is 3.49. The number of unbranched alkanes of at least 4 members (excludes halogenated alkanes) is 1. The predicted molar refractivity (Wildman–Crippen MR) is 74.9 cm³/mol. The van der Waals surface area contributed by atoms with Crippen molar-refractivity contribution >= 4 is 16.9 Å². The van der Waals surface area contributed by atoms with Crippen LogP contribution in [0.2, 0.25) is 0 Å². The van der Waals surface area contributed by atoms with Crippen LogP contribution in [0.15, 0.2) is 12.3 Å². The van der Waals surface area contributed by atoms with Crippen molar-refractivity contribution in [1.82, 2.24) is 15.0 Å². The van der Waals surface area contributed by atoms with E-state index in [4.69, 9.17) is 0 Å². The summed E-state index contributed by atoms with van der Waals surface area (Å²) >= 11 is 0. The second-order valence-corrected chi connectivity index (χ2v) is 4.94. The van der Waals surface area contributed by atoms with Crippen molar-refractivity contribution in [3.63, 3.8) is 0 Å². The summed E-state index contributed by atoms with van der Waals surface area (Å²) in [7, 11) is 0. The number of aromatic amines is 1. The summed E-state index contributed by atoms with van der Waals surface area (Å²) in [5.41, 5.74) is 2.67. The molecule has 4 nitrogen and oxygen atoms in total. The van der Waals surface area contributed by atoms with Crippen LogP contribution in [-0.4, -0.2) is 20.7 Å². The molecular weight excluding hydrogens is 238 g/mol. The second-order valence-electron chi connectivity index (χ2n) is 4.94. The first kappa shape index (κ1) is 13.7. The molecule has 101 valence electrons. The van der Waals surface area contributed by atoms with E-state index in [0.29, 0.717) is 24.3 Å². The normalized spacial score (nSPS) is 12.7. The van der Waals surface area contributed by atoms with Gasteiger partial charge in [0, 0.05) is 19.0 Å². The number of carbonyl (C=O) groups excluding carboxylic acids is 1. The molecule has 0 bridgehead atoms. The first-order valence-electron chi connectivity index (χ1n) is 6.98. The third-order valence-corrected chi connectivity index (χ3v) is 3.49. The average Bonchev–Trinajstić information content (AvgIpc) is 2.89. The lowest BCUT2D eigenvalue weighted by molar-refractivity contribution is -0.119. The molecule has 1 radical (unpaired) electrons. The number of nitrogens with zero attached hydrogens (tertiary/aromatic N) is 2. The van der Waals surface area contributed by atoms with Crippen LogP contribution in [0.1, 0.15) is 57.4 Å². The molecule has 1 unspecified atom stereocenters. The van der Waals surface area contributed by atoms with Crippen molar-refractivity contribution in [2.75, 3.05) is 0 Å². The third kappa shape index (κ3) is 3.40. The number of imidazole rings is 1. The van der Waals surface area contributed by atoms with Crippen LogP contribution in [-0.2, 0) is 4.79 Å². The minimum Gasteiger partial charge on any atom is -0.334 e. The lowest BCUT2D eigenvalue weighted by Gasteiger charge is -2.14. The minimum atomic E-state index is 0.254. The molecule has 2 heterocycles. The van der Waals surface area contributed by atoms with Gasteiger partial charge in [0.2, 0.25) is 0 Å². The van der Waals surface area contributed by atoms with Crippen molar-refractivity contribution < 1.29 is 4.79 Å². The molecule has 1 atom stereocenters. The van der Waals surface area contributed by atoms with Gasteiger partial charge in [-0.25, -0.2) is 9.97 Å². The number of pyridine rings is 1. The topological polar surface area (TPSA) is 58.6 Å². The molecule has 0 spiro atoms. The number of aromatic nitrogens is 3. The molecule has 0 saturated heterocycles. The van der Waals surface area contributed by atoms with Gasteiger partial charge in [0.05, 0.1) is 5.52 Å². The number of rotatable bonds is 7. The average molecular weight is 258 g/mol. The van der Waals surface area contributed by atoms with Gasteiger partial charge in [0.1, 0.15) is 5.78 Å². The fraction of sp³-hybridized carbons (Fsp3) is 0.533. The van der Waals surface area contributed by atoms with Gasteiger partial charge in [0.25, 0.3) is 0 Å². The molecule has 0 amide bonds. The van der Waals surface area contributed by atoms with E-state index < -0.39 is 0 Å². The molecule has 0 aliphatic rings. The van der Waals surface area contributed by atoms with Gasteiger partial charge >= 0.3 is 0 Å². The van der Waals surface area contributed by atoms with Crippen LogP contribution in [0.25, 0.3) is 11.2 Å². The molecule has 0 fully saturated rings. The molecule has 0 aliphatic heterocycles. The first-order chi connectivity index (χ1) is 9.24. The molecule has 0 aliphatic carbocycles. The van der Waals surface area contributed by atoms with Gasteiger partial charge in [-0.2, -0.15) is 0 Å². The summed E-state index contributed by atoms with van der Waals surface area (Å²) in [6.45, 7) is 4.22. The van der Waals surface area contributed by atoms with Crippen LogP contribution in [0.4, 0.5) is 0 Å². The van der Waals surface area contributed by atoms with Gasteiger partial charge in [-0.15, -0.1) is 0 Å². The number of fused-ring (bicyclic) bond motifs is 1. The van der Waals surface area contributed by atoms with Crippen LogP contribution < -0.4 is 0 Å². The minimum absolute atomic E-state index is 0.254. The molecule has 2 aromatic heterocycles. The highest BCUT2D eigenvalue weighted by Crippen LogP contribution is 2.25. The fourth-order valence-corrected chi connectivity index (χ4v) is 2.27. The Bertz CT molecular complexity index is 547. The maximum Gasteiger partial charge on any atom is 0.178 e. The summed E-state index contributed by atoms with van der Waals surface area (Å²) in [5, 5.41) is 0. The predicted octanol–water partition coefficient (Wildman–Crippen LogP) is 3.40. The monoisotopic (exact) mass is 258 g/mol. The van der Waals surface area contributed by atoms with Crippen LogP contribution in [0.3, 0.4) is 0 Å². The number of hydrogen-bond acceptors (Lipinski definition) is 3. The Morgan fingerprint density at radius 1 is 1.47 bits per heavy atom. The van der Waals surface area contributed by atoms with E-state index >= 15 is 0 Å². The number of Topliss-reactive ketones (excluding diaryl/α,β-unsaturated/α-hetero) is 1. The lowest BCUT2D eigenvalue weighted by Crippen LogP contribution is -2.07. The van der Waals surface area contributed by atoms with Crippen molar-refractivity contribution in [2.45, 2.75) is 51.9 Å². The van der Waals surface area contributed by atoms with E-state index in [1.165, 1.54) is 0 Å². The zero-order valence-corrected chi connectivity index (χ0v) is 11.6. The van der Waals surface area contributed by atoms with Crippen LogP contribution in [0, 0.1) is 6.33 Å².